The van der Waals surface area contributed by atoms with E-state index in [9.17, 15) is 31.2 Å². The second kappa shape index (κ2) is 14.1. The van der Waals surface area contributed by atoms with Crippen molar-refractivity contribution in [3.8, 4) is 0 Å². The predicted octanol–water partition coefficient (Wildman–Crippen LogP) is 6.20. The maximum absolute atomic E-state index is 14.3. The Hall–Kier alpha value is -2.74. The first kappa shape index (κ1) is 35.7. The number of hydrogen-bond donors (Lipinski definition) is 3. The van der Waals surface area contributed by atoms with Gasteiger partial charge in [-0.2, -0.15) is 13.2 Å². The van der Waals surface area contributed by atoms with E-state index in [2.05, 4.69) is 10.6 Å². The molecule has 0 spiro atoms. The van der Waals surface area contributed by atoms with Crippen molar-refractivity contribution in [2.24, 2.45) is 0 Å². The fourth-order valence-electron chi connectivity index (χ4n) is 4.96. The Balaban J connectivity index is 1.85. The highest BCUT2D eigenvalue weighted by molar-refractivity contribution is 7.91. The van der Waals surface area contributed by atoms with Crippen molar-refractivity contribution in [2.75, 3.05) is 24.6 Å². The van der Waals surface area contributed by atoms with Crippen molar-refractivity contribution >= 4 is 50.7 Å². The Morgan fingerprint density at radius 1 is 1.16 bits per heavy atom. The lowest BCUT2D eigenvalue weighted by Gasteiger charge is -2.34. The Labute approximate surface area is 265 Å². The molecule has 244 valence electrons. The number of piperidine rings is 1. The smallest absolute Gasteiger partial charge is 0.416 e. The van der Waals surface area contributed by atoms with Crippen LogP contribution in [0.5, 0.6) is 0 Å². The average molecular weight is 682 g/mol. The molecule has 4 N–H and O–H groups in total. The van der Waals surface area contributed by atoms with Gasteiger partial charge in [0, 0.05) is 30.7 Å². The number of benzene rings is 2. The van der Waals surface area contributed by atoms with Crippen molar-refractivity contribution in [1.29, 1.82) is 0 Å². The van der Waals surface area contributed by atoms with Gasteiger partial charge < -0.3 is 21.1 Å². The van der Waals surface area contributed by atoms with Crippen LogP contribution in [0.4, 0.5) is 23.7 Å². The summed E-state index contributed by atoms with van der Waals surface area (Å²) in [6.07, 6.45) is -3.91. The van der Waals surface area contributed by atoms with E-state index in [1.165, 1.54) is 18.2 Å². The van der Waals surface area contributed by atoms with Crippen molar-refractivity contribution in [2.45, 2.75) is 82.8 Å². The van der Waals surface area contributed by atoms with Gasteiger partial charge in [-0.05, 0) is 82.0 Å². The number of sulfone groups is 1. The lowest BCUT2D eigenvalue weighted by Crippen LogP contribution is -2.48. The van der Waals surface area contributed by atoms with Gasteiger partial charge in [0.25, 0.3) is 5.91 Å². The molecule has 2 aromatic carbocycles. The van der Waals surface area contributed by atoms with Gasteiger partial charge in [-0.3, -0.25) is 9.69 Å². The van der Waals surface area contributed by atoms with Crippen LogP contribution in [0, 0.1) is 0 Å². The minimum atomic E-state index is -4.87. The Morgan fingerprint density at radius 3 is 2.45 bits per heavy atom. The summed E-state index contributed by atoms with van der Waals surface area (Å²) >= 11 is 12.5. The number of anilines is 1. The first-order valence-electron chi connectivity index (χ1n) is 14.0. The molecule has 1 heterocycles. The number of amides is 2. The summed E-state index contributed by atoms with van der Waals surface area (Å²) < 4.78 is 73.6. The molecule has 1 saturated heterocycles. The molecule has 0 radical (unpaired) electrons. The number of carbonyl (C=O) groups excluding carboxylic acids is 2. The molecule has 0 aromatic heterocycles. The second-order valence-corrected chi connectivity index (χ2v) is 14.5. The van der Waals surface area contributed by atoms with E-state index in [1.807, 2.05) is 0 Å². The topological polar surface area (TPSA) is 131 Å². The van der Waals surface area contributed by atoms with Gasteiger partial charge in [0.2, 0.25) is 0 Å². The number of nitrogen functional groups attached to an aromatic ring is 1. The number of hydrogen-bond acceptors (Lipinski definition) is 7. The third kappa shape index (κ3) is 9.38. The quantitative estimate of drug-likeness (QED) is 0.269. The highest BCUT2D eigenvalue weighted by Gasteiger charge is 2.38. The number of alkyl carbamates (subject to hydrolysis) is 1. The van der Waals surface area contributed by atoms with Crippen LogP contribution < -0.4 is 16.4 Å². The van der Waals surface area contributed by atoms with E-state index in [1.54, 1.807) is 32.6 Å². The van der Waals surface area contributed by atoms with Gasteiger partial charge in [-0.1, -0.05) is 30.1 Å². The molecule has 0 aliphatic carbocycles. The highest BCUT2D eigenvalue weighted by atomic mass is 35.5. The standard InChI is InChI=1S/C29H37Cl2F3N4O5S/c1-5-11-44(41,42)23-9-8-18(30)12-17(23)14-36-26(39)20-13-22(29(32,33)34)21(24(31)25(20)35)16-38-10-6-7-19(15-38)37-27(40)43-28(2,3)4/h8-9,12-13,19H,5-7,10-11,14-16,35H2,1-4H3,(H,36,39)(H,37,40)/t19-/m1/s1. The van der Waals surface area contributed by atoms with Crippen LogP contribution in [0.15, 0.2) is 29.2 Å². The number of likely N-dealkylation sites (tertiary alicyclic amines) is 1. The zero-order valence-corrected chi connectivity index (χ0v) is 27.2. The molecular weight excluding hydrogens is 644 g/mol. The maximum Gasteiger partial charge on any atom is 0.416 e. The van der Waals surface area contributed by atoms with Crippen LogP contribution in [0.1, 0.15) is 74.0 Å². The van der Waals surface area contributed by atoms with Crippen molar-refractivity contribution in [1.82, 2.24) is 15.5 Å². The Kier molecular flexibility index (Phi) is 11.5. The van der Waals surface area contributed by atoms with Gasteiger partial charge >= 0.3 is 12.3 Å². The number of nitrogens with two attached hydrogens (primary N) is 1. The van der Waals surface area contributed by atoms with E-state index in [0.29, 0.717) is 31.9 Å². The van der Waals surface area contributed by atoms with E-state index < -0.39 is 49.8 Å². The van der Waals surface area contributed by atoms with Gasteiger partial charge in [0.05, 0.1) is 32.5 Å². The summed E-state index contributed by atoms with van der Waals surface area (Å²) in [5.74, 6) is -1.11. The molecule has 2 aromatic rings. The van der Waals surface area contributed by atoms with Crippen molar-refractivity contribution in [3.63, 3.8) is 0 Å². The Bertz CT molecular complexity index is 1500. The summed E-state index contributed by atoms with van der Waals surface area (Å²) in [4.78, 5) is 27.0. The van der Waals surface area contributed by atoms with E-state index in [4.69, 9.17) is 33.7 Å². The molecule has 15 heteroatoms. The third-order valence-corrected chi connectivity index (χ3v) is 9.51. The molecule has 1 aliphatic rings. The zero-order valence-electron chi connectivity index (χ0n) is 24.9. The summed E-state index contributed by atoms with van der Waals surface area (Å²) in [5, 5.41) is 5.01. The lowest BCUT2D eigenvalue weighted by atomic mass is 9.98. The molecule has 0 saturated carbocycles. The number of nitrogens with one attached hydrogen (secondary N) is 2. The van der Waals surface area contributed by atoms with Crippen LogP contribution in [-0.4, -0.2) is 55.8 Å². The molecule has 1 atom stereocenters. The van der Waals surface area contributed by atoms with Crippen LogP contribution >= 0.6 is 23.2 Å². The monoisotopic (exact) mass is 680 g/mol. The molecular formula is C29H37Cl2F3N4O5S. The minimum absolute atomic E-state index is 0.0395. The summed E-state index contributed by atoms with van der Waals surface area (Å²) in [7, 11) is -3.69. The number of rotatable bonds is 9. The molecule has 44 heavy (non-hydrogen) atoms. The highest BCUT2D eigenvalue weighted by Crippen LogP contribution is 2.40. The summed E-state index contributed by atoms with van der Waals surface area (Å²) in [6.45, 7) is 7.01. The summed E-state index contributed by atoms with van der Waals surface area (Å²) in [6, 6.07) is 4.39. The molecule has 3 rings (SSSR count). The normalized spacial score (nSPS) is 16.4. The fourth-order valence-corrected chi connectivity index (χ4v) is 6.98. The molecule has 1 aliphatic heterocycles. The number of nitrogens with zero attached hydrogens (tertiary/aromatic N) is 1. The summed E-state index contributed by atoms with van der Waals surface area (Å²) in [5.41, 5.74) is 3.31. The maximum atomic E-state index is 14.3. The first-order chi connectivity index (χ1) is 20.3. The van der Waals surface area contributed by atoms with E-state index >= 15 is 0 Å². The average Bonchev–Trinajstić information content (AvgIpc) is 2.88. The Morgan fingerprint density at radius 2 is 1.84 bits per heavy atom. The molecule has 1 fully saturated rings. The van der Waals surface area contributed by atoms with E-state index in [0.717, 1.165) is 0 Å². The van der Waals surface area contributed by atoms with Gasteiger partial charge in [0.15, 0.2) is 9.84 Å². The first-order valence-corrected chi connectivity index (χ1v) is 16.4. The van der Waals surface area contributed by atoms with Crippen LogP contribution in [0.3, 0.4) is 0 Å². The third-order valence-electron chi connectivity index (χ3n) is 6.83. The SMILES string of the molecule is CCCS(=O)(=O)c1ccc(Cl)cc1CNC(=O)c1cc(C(F)(F)F)c(CN2CCC[C@@H](NC(=O)OC(C)(C)C)C2)c(Cl)c1N. The molecule has 0 unspecified atom stereocenters. The second-order valence-electron chi connectivity index (χ2n) is 11.6. The van der Waals surface area contributed by atoms with Crippen LogP contribution in [0.2, 0.25) is 10.0 Å². The number of ether oxygens (including phenoxy) is 1. The van der Waals surface area contributed by atoms with Crippen molar-refractivity contribution in [3.05, 3.63) is 56.6 Å². The van der Waals surface area contributed by atoms with Crippen molar-refractivity contribution < 1.29 is 35.9 Å². The number of alkyl halides is 3. The molecule has 9 nitrogen and oxygen atoms in total. The van der Waals surface area contributed by atoms with Crippen LogP contribution in [-0.2, 0) is 33.8 Å². The van der Waals surface area contributed by atoms with Crippen LogP contribution in [0.25, 0.3) is 0 Å². The predicted molar refractivity (Wildman–Crippen MR) is 164 cm³/mol. The number of halogens is 5. The van der Waals surface area contributed by atoms with E-state index in [-0.39, 0.29) is 58.2 Å². The fraction of sp³-hybridized carbons (Fsp3) is 0.517. The molecule has 2 amide bonds. The largest absolute Gasteiger partial charge is 0.444 e. The minimum Gasteiger partial charge on any atom is -0.444 e. The van der Waals surface area contributed by atoms with Gasteiger partial charge in [-0.15, -0.1) is 0 Å². The molecule has 0 bridgehead atoms. The zero-order chi connectivity index (χ0) is 33.0. The number of carbonyl (C=O) groups is 2. The van der Waals surface area contributed by atoms with Gasteiger partial charge in [-0.25, -0.2) is 13.2 Å². The lowest BCUT2D eigenvalue weighted by molar-refractivity contribution is -0.138. The van der Waals surface area contributed by atoms with Gasteiger partial charge in [0.1, 0.15) is 5.60 Å².